The highest BCUT2D eigenvalue weighted by Gasteiger charge is 2.67. The molecule has 0 amide bonds. The lowest BCUT2D eigenvalue weighted by atomic mass is 9.94. The van der Waals surface area contributed by atoms with Crippen LogP contribution in [0.15, 0.2) is 60.8 Å². The zero-order valence-corrected chi connectivity index (χ0v) is 25.4. The van der Waals surface area contributed by atoms with Crippen LogP contribution in [0.5, 0.6) is 0 Å². The predicted octanol–water partition coefficient (Wildman–Crippen LogP) is 6.82. The first kappa shape index (κ1) is 30.0. The first-order valence-corrected chi connectivity index (χ1v) is 14.6. The van der Waals surface area contributed by atoms with Crippen LogP contribution >= 0.6 is 0 Å². The maximum Gasteiger partial charge on any atom is 0.413 e. The summed E-state index contributed by atoms with van der Waals surface area (Å²) in [4.78, 5) is 8.85. The van der Waals surface area contributed by atoms with Gasteiger partial charge < -0.3 is 16.1 Å². The van der Waals surface area contributed by atoms with Crippen molar-refractivity contribution in [3.05, 3.63) is 83.1 Å². The minimum Gasteiger partial charge on any atom is -0.383 e. The Bertz CT molecular complexity index is 1920. The van der Waals surface area contributed by atoms with E-state index >= 15 is 0 Å². The van der Waals surface area contributed by atoms with E-state index in [0.29, 0.717) is 45.6 Å². The van der Waals surface area contributed by atoms with E-state index in [0.717, 1.165) is 26.9 Å². The van der Waals surface area contributed by atoms with Gasteiger partial charge in [-0.2, -0.15) is 18.4 Å². The number of nitrogens with zero attached hydrogens (tertiary/aromatic N) is 4. The lowest BCUT2D eigenvalue weighted by Crippen LogP contribution is -2.52. The van der Waals surface area contributed by atoms with Crippen molar-refractivity contribution in [1.82, 2.24) is 25.9 Å². The number of rotatable bonds is 7. The molecule has 3 heterocycles. The van der Waals surface area contributed by atoms with Gasteiger partial charge >= 0.3 is 6.18 Å². The highest BCUT2D eigenvalue weighted by atomic mass is 19.4. The number of hydrazine groups is 2. The molecule has 11 heteroatoms. The summed E-state index contributed by atoms with van der Waals surface area (Å²) in [6.07, 6.45) is 8.03. The Morgan fingerprint density at radius 2 is 1.91 bits per heavy atom. The molecular formula is C34H33F3N8. The lowest BCUT2D eigenvalue weighted by molar-refractivity contribution is -0.195. The smallest absolute Gasteiger partial charge is 0.383 e. The van der Waals surface area contributed by atoms with Crippen molar-refractivity contribution >= 4 is 33.1 Å². The number of hydrogen-bond donors (Lipinski definition) is 4. The van der Waals surface area contributed by atoms with Crippen molar-refractivity contribution < 1.29 is 13.2 Å². The van der Waals surface area contributed by atoms with E-state index in [1.54, 1.807) is 24.7 Å². The van der Waals surface area contributed by atoms with E-state index < -0.39 is 17.8 Å². The molecule has 6 rings (SSSR count). The molecule has 2 aliphatic rings. The summed E-state index contributed by atoms with van der Waals surface area (Å²) < 4.78 is 42.2. The van der Waals surface area contributed by atoms with Gasteiger partial charge in [0, 0.05) is 47.8 Å². The third-order valence-corrected chi connectivity index (χ3v) is 8.28. The molecule has 0 spiro atoms. The third kappa shape index (κ3) is 5.45. The zero-order chi connectivity index (χ0) is 32.1. The molecule has 1 aliphatic carbocycles. The number of pyridine rings is 2. The van der Waals surface area contributed by atoms with Gasteiger partial charge in [0.15, 0.2) is 5.54 Å². The number of fused-ring (bicyclic) bond motifs is 2. The molecule has 0 unspecified atom stereocenters. The summed E-state index contributed by atoms with van der Waals surface area (Å²) >= 11 is 0. The summed E-state index contributed by atoms with van der Waals surface area (Å²) in [5, 5.41) is 20.8. The Kier molecular flexibility index (Phi) is 7.25. The first-order chi connectivity index (χ1) is 21.3. The van der Waals surface area contributed by atoms with Crippen LogP contribution in [-0.2, 0) is 0 Å². The SMILES string of the molecule is C#Cc1cnc2c(C#N)cc(N[C@H](C3=CN(C4(C(F)(F)F)CC4)NN3)c3cccc4cncc(C)c34)cc2c1NCC(C)(C)C. The average Bonchev–Trinajstić information content (AvgIpc) is 3.69. The molecule has 8 nitrogen and oxygen atoms in total. The number of aryl methyl sites for hydroxylation is 1. The quantitative estimate of drug-likeness (QED) is 0.169. The maximum atomic E-state index is 14.1. The highest BCUT2D eigenvalue weighted by molar-refractivity contribution is 5.99. The molecule has 4 N–H and O–H groups in total. The fourth-order valence-electron chi connectivity index (χ4n) is 5.79. The van der Waals surface area contributed by atoms with Crippen molar-refractivity contribution in [2.24, 2.45) is 5.41 Å². The Hall–Kier alpha value is -5.00. The second-order valence-electron chi connectivity index (χ2n) is 12.8. The van der Waals surface area contributed by atoms with E-state index in [4.69, 9.17) is 6.42 Å². The topological polar surface area (TPSA) is 101 Å². The fraction of sp³-hybridized carbons (Fsp3) is 0.324. The molecule has 230 valence electrons. The van der Waals surface area contributed by atoms with Crippen molar-refractivity contribution in [1.29, 1.82) is 5.26 Å². The first-order valence-electron chi connectivity index (χ1n) is 14.6. The molecule has 0 bridgehead atoms. The van der Waals surface area contributed by atoms with Crippen LogP contribution in [0.4, 0.5) is 24.5 Å². The summed E-state index contributed by atoms with van der Waals surface area (Å²) in [5.41, 5.74) is 8.59. The largest absolute Gasteiger partial charge is 0.413 e. The van der Waals surface area contributed by atoms with Gasteiger partial charge in [-0.15, -0.1) is 12.0 Å². The van der Waals surface area contributed by atoms with Gasteiger partial charge in [0.2, 0.25) is 0 Å². The molecule has 1 fully saturated rings. The van der Waals surface area contributed by atoms with Gasteiger partial charge in [0.25, 0.3) is 0 Å². The third-order valence-electron chi connectivity index (χ3n) is 8.28. The van der Waals surface area contributed by atoms with Crippen LogP contribution in [0.1, 0.15) is 61.9 Å². The second kappa shape index (κ2) is 10.9. The molecule has 1 atom stereocenters. The van der Waals surface area contributed by atoms with Gasteiger partial charge in [-0.05, 0) is 53.8 Å². The Labute approximate surface area is 259 Å². The molecule has 4 aromatic rings. The number of nitrogens with one attached hydrogen (secondary N) is 4. The van der Waals surface area contributed by atoms with Gasteiger partial charge in [-0.1, -0.05) is 44.9 Å². The van der Waals surface area contributed by atoms with Crippen LogP contribution in [0, 0.1) is 36.0 Å². The van der Waals surface area contributed by atoms with Crippen LogP contribution in [0.2, 0.25) is 0 Å². The molecule has 45 heavy (non-hydrogen) atoms. The van der Waals surface area contributed by atoms with Crippen LogP contribution in [-0.4, -0.2) is 33.2 Å². The standard InChI is InChI=1S/C34H33F3N8/c1-6-21-17-40-30-23(14-38)12-24(13-26(30)29(21)41-19-32(3,4)5)42-31(25-9-7-8-22-16-39-15-20(2)28(22)25)27-18-45(44-43-27)33(10-11-33)34(35,36)37/h1,7-9,12-13,15-18,31,42-44H,10-11,19H2,2-5H3,(H,40,41)/t31-/m0/s1. The van der Waals surface area contributed by atoms with Crippen molar-refractivity contribution in [2.45, 2.75) is 58.3 Å². The van der Waals surface area contributed by atoms with E-state index in [1.165, 1.54) is 6.20 Å². The van der Waals surface area contributed by atoms with Crippen LogP contribution in [0.25, 0.3) is 21.7 Å². The number of nitriles is 1. The normalized spacial score (nSPS) is 16.5. The van der Waals surface area contributed by atoms with E-state index in [-0.39, 0.29) is 18.3 Å². The molecule has 1 saturated carbocycles. The number of halogens is 3. The number of hydrogen-bond acceptors (Lipinski definition) is 8. The Morgan fingerprint density at radius 3 is 2.58 bits per heavy atom. The minimum absolute atomic E-state index is 0.00282. The predicted molar refractivity (Wildman–Crippen MR) is 169 cm³/mol. The number of benzene rings is 2. The Morgan fingerprint density at radius 1 is 1.13 bits per heavy atom. The molecule has 0 saturated heterocycles. The van der Waals surface area contributed by atoms with E-state index in [2.05, 4.69) is 64.3 Å². The number of aromatic nitrogens is 2. The van der Waals surface area contributed by atoms with Crippen molar-refractivity contribution in [3.8, 4) is 18.4 Å². The maximum absolute atomic E-state index is 14.1. The Balaban J connectivity index is 1.51. The summed E-state index contributed by atoms with van der Waals surface area (Å²) in [5.74, 6) is 2.70. The van der Waals surface area contributed by atoms with Gasteiger partial charge in [-0.3, -0.25) is 15.0 Å². The summed E-state index contributed by atoms with van der Waals surface area (Å²) in [6.45, 7) is 8.87. The average molecular weight is 611 g/mol. The molecule has 0 radical (unpaired) electrons. The zero-order valence-electron chi connectivity index (χ0n) is 25.4. The van der Waals surface area contributed by atoms with Crippen molar-refractivity contribution in [2.75, 3.05) is 17.2 Å². The van der Waals surface area contributed by atoms with Crippen LogP contribution in [0.3, 0.4) is 0 Å². The molecular weight excluding hydrogens is 577 g/mol. The van der Waals surface area contributed by atoms with Crippen molar-refractivity contribution in [3.63, 3.8) is 0 Å². The fourth-order valence-corrected chi connectivity index (χ4v) is 5.79. The number of anilines is 2. The second-order valence-corrected chi connectivity index (χ2v) is 12.8. The minimum atomic E-state index is -4.41. The summed E-state index contributed by atoms with van der Waals surface area (Å²) in [6, 6.07) is 11.0. The molecule has 2 aromatic carbocycles. The highest BCUT2D eigenvalue weighted by Crippen LogP contribution is 2.54. The van der Waals surface area contributed by atoms with Crippen LogP contribution < -0.4 is 21.6 Å². The number of alkyl halides is 3. The lowest BCUT2D eigenvalue weighted by Gasteiger charge is -2.28. The van der Waals surface area contributed by atoms with Gasteiger partial charge in [-0.25, -0.2) is 0 Å². The van der Waals surface area contributed by atoms with Gasteiger partial charge in [0.1, 0.15) is 6.07 Å². The number of terminal acetylenes is 1. The van der Waals surface area contributed by atoms with E-state index in [9.17, 15) is 18.4 Å². The monoisotopic (exact) mass is 610 g/mol. The summed E-state index contributed by atoms with van der Waals surface area (Å²) in [7, 11) is 0. The van der Waals surface area contributed by atoms with Gasteiger partial charge in [0.05, 0.1) is 34.1 Å². The molecule has 2 aromatic heterocycles. The van der Waals surface area contributed by atoms with E-state index in [1.807, 2.05) is 31.2 Å². The molecule has 1 aliphatic heterocycles.